The molecule has 1 aromatic heterocycles. The molecule has 1 aliphatic heterocycles. The molecular weight excluding hydrogens is 364 g/mol. The van der Waals surface area contributed by atoms with Crippen LogP contribution in [0.1, 0.15) is 15.2 Å². The fraction of sp³-hybridized carbons (Fsp3) is 0.450. The summed E-state index contributed by atoms with van der Waals surface area (Å²) in [5.74, 6) is 1.48. The molecule has 0 saturated carbocycles. The van der Waals surface area contributed by atoms with Crippen LogP contribution in [0.15, 0.2) is 29.6 Å². The van der Waals surface area contributed by atoms with Gasteiger partial charge in [0, 0.05) is 43.2 Å². The lowest BCUT2D eigenvalue weighted by molar-refractivity contribution is 0.0638. The zero-order valence-corrected chi connectivity index (χ0v) is 16.9. The van der Waals surface area contributed by atoms with Gasteiger partial charge < -0.3 is 19.1 Å². The van der Waals surface area contributed by atoms with E-state index in [0.29, 0.717) is 22.8 Å². The summed E-state index contributed by atoms with van der Waals surface area (Å²) in [7, 11) is 4.66. The summed E-state index contributed by atoms with van der Waals surface area (Å²) in [5.41, 5.74) is 0.552. The van der Waals surface area contributed by atoms with Crippen LogP contribution in [0.2, 0.25) is 0 Å². The Hall–Kier alpha value is -2.25. The molecule has 1 saturated heterocycles. The van der Waals surface area contributed by atoms with E-state index in [-0.39, 0.29) is 5.91 Å². The van der Waals surface area contributed by atoms with Crippen molar-refractivity contribution in [2.75, 3.05) is 54.1 Å². The third-order valence-corrected chi connectivity index (χ3v) is 5.76. The molecule has 0 spiro atoms. The van der Waals surface area contributed by atoms with Gasteiger partial charge in [0.15, 0.2) is 11.5 Å². The topological polar surface area (TPSA) is 51.2 Å². The number of piperazine rings is 1. The summed E-state index contributed by atoms with van der Waals surface area (Å²) in [6.07, 6.45) is 1.07. The van der Waals surface area contributed by atoms with Crippen molar-refractivity contribution in [3.63, 3.8) is 0 Å². The third-order valence-electron chi connectivity index (χ3n) is 4.83. The van der Waals surface area contributed by atoms with E-state index in [2.05, 4.69) is 22.4 Å². The van der Waals surface area contributed by atoms with Gasteiger partial charge in [-0.15, -0.1) is 11.3 Å². The number of amides is 1. The summed E-state index contributed by atoms with van der Waals surface area (Å²) < 4.78 is 16.0. The van der Waals surface area contributed by atoms with E-state index in [1.165, 1.54) is 4.88 Å². The Kier molecular flexibility index (Phi) is 6.58. The van der Waals surface area contributed by atoms with E-state index in [4.69, 9.17) is 14.2 Å². The van der Waals surface area contributed by atoms with Gasteiger partial charge in [0.1, 0.15) is 0 Å². The number of carbonyl (C=O) groups excluding carboxylic acids is 1. The standard InChI is InChI=1S/C20H26N2O4S/c1-24-17-13-15(14-18(25-2)19(17)26-3)20(23)22-10-8-21(9-11-22)7-6-16-5-4-12-27-16/h4-5,12-14H,6-11H2,1-3H3. The van der Waals surface area contributed by atoms with E-state index in [9.17, 15) is 4.79 Å². The van der Waals surface area contributed by atoms with Crippen molar-refractivity contribution in [2.45, 2.75) is 6.42 Å². The van der Waals surface area contributed by atoms with Gasteiger partial charge in [0.05, 0.1) is 21.3 Å². The molecule has 2 heterocycles. The van der Waals surface area contributed by atoms with E-state index in [0.717, 1.165) is 39.1 Å². The van der Waals surface area contributed by atoms with Gasteiger partial charge in [-0.2, -0.15) is 0 Å². The van der Waals surface area contributed by atoms with E-state index < -0.39 is 0 Å². The number of thiophene rings is 1. The summed E-state index contributed by atoms with van der Waals surface area (Å²) >= 11 is 1.80. The highest BCUT2D eigenvalue weighted by molar-refractivity contribution is 7.09. The maximum atomic E-state index is 12.9. The number of ether oxygens (including phenoxy) is 3. The van der Waals surface area contributed by atoms with Crippen LogP contribution < -0.4 is 14.2 Å². The monoisotopic (exact) mass is 390 g/mol. The van der Waals surface area contributed by atoms with E-state index in [1.54, 1.807) is 44.8 Å². The first-order valence-corrected chi connectivity index (χ1v) is 9.88. The van der Waals surface area contributed by atoms with Gasteiger partial charge in [-0.1, -0.05) is 6.07 Å². The molecule has 146 valence electrons. The van der Waals surface area contributed by atoms with Crippen LogP contribution in [-0.2, 0) is 6.42 Å². The molecule has 1 aliphatic rings. The van der Waals surface area contributed by atoms with Gasteiger partial charge in [-0.3, -0.25) is 9.69 Å². The maximum absolute atomic E-state index is 12.9. The molecule has 0 bridgehead atoms. The molecule has 7 heteroatoms. The zero-order valence-electron chi connectivity index (χ0n) is 16.1. The average Bonchev–Trinajstić information content (AvgIpc) is 3.24. The molecule has 0 radical (unpaired) electrons. The molecule has 0 aliphatic carbocycles. The third kappa shape index (κ3) is 4.54. The highest BCUT2D eigenvalue weighted by Crippen LogP contribution is 2.38. The number of methoxy groups -OCH3 is 3. The Morgan fingerprint density at radius 2 is 1.70 bits per heavy atom. The van der Waals surface area contributed by atoms with Crippen molar-refractivity contribution in [1.29, 1.82) is 0 Å². The van der Waals surface area contributed by atoms with Crippen molar-refractivity contribution < 1.29 is 19.0 Å². The number of nitrogens with zero attached hydrogens (tertiary/aromatic N) is 2. The molecule has 1 amide bonds. The molecule has 1 fully saturated rings. The summed E-state index contributed by atoms with van der Waals surface area (Å²) in [6, 6.07) is 7.70. The summed E-state index contributed by atoms with van der Waals surface area (Å²) in [5, 5.41) is 2.11. The first kappa shape index (κ1) is 19.5. The second kappa shape index (κ2) is 9.10. The molecule has 27 heavy (non-hydrogen) atoms. The van der Waals surface area contributed by atoms with Crippen LogP contribution in [0.5, 0.6) is 17.2 Å². The smallest absolute Gasteiger partial charge is 0.254 e. The first-order chi connectivity index (χ1) is 13.2. The predicted molar refractivity (Wildman–Crippen MR) is 106 cm³/mol. The number of carbonyl (C=O) groups is 1. The summed E-state index contributed by atoms with van der Waals surface area (Å²) in [4.78, 5) is 18.7. The van der Waals surface area contributed by atoms with Crippen LogP contribution >= 0.6 is 11.3 Å². The van der Waals surface area contributed by atoms with Crippen molar-refractivity contribution in [2.24, 2.45) is 0 Å². The van der Waals surface area contributed by atoms with Gasteiger partial charge >= 0.3 is 0 Å². The molecule has 1 aromatic carbocycles. The first-order valence-electron chi connectivity index (χ1n) is 9.00. The lowest BCUT2D eigenvalue weighted by Gasteiger charge is -2.34. The Morgan fingerprint density at radius 3 is 2.22 bits per heavy atom. The number of hydrogen-bond donors (Lipinski definition) is 0. The minimum Gasteiger partial charge on any atom is -0.493 e. The van der Waals surface area contributed by atoms with Crippen LogP contribution in [-0.4, -0.2) is 69.8 Å². The Labute approximate surface area is 164 Å². The van der Waals surface area contributed by atoms with Crippen LogP contribution in [0.4, 0.5) is 0 Å². The van der Waals surface area contributed by atoms with Crippen LogP contribution in [0.25, 0.3) is 0 Å². The Bertz CT molecular complexity index is 730. The van der Waals surface area contributed by atoms with Gasteiger partial charge in [-0.25, -0.2) is 0 Å². The fourth-order valence-electron chi connectivity index (χ4n) is 3.28. The van der Waals surface area contributed by atoms with Crippen LogP contribution in [0.3, 0.4) is 0 Å². The second-order valence-corrected chi connectivity index (χ2v) is 7.41. The van der Waals surface area contributed by atoms with Gasteiger partial charge in [0.25, 0.3) is 5.91 Å². The van der Waals surface area contributed by atoms with E-state index in [1.807, 2.05) is 4.90 Å². The second-order valence-electron chi connectivity index (χ2n) is 6.38. The molecule has 3 rings (SSSR count). The Morgan fingerprint density at radius 1 is 1.04 bits per heavy atom. The normalized spacial score (nSPS) is 14.9. The zero-order chi connectivity index (χ0) is 19.2. The average molecular weight is 391 g/mol. The largest absolute Gasteiger partial charge is 0.493 e. The highest BCUT2D eigenvalue weighted by atomic mass is 32.1. The SMILES string of the molecule is COc1cc(C(=O)N2CCN(CCc3cccs3)CC2)cc(OC)c1OC. The Balaban J connectivity index is 1.62. The minimum atomic E-state index is -0.00726. The highest BCUT2D eigenvalue weighted by Gasteiger charge is 2.24. The quantitative estimate of drug-likeness (QED) is 0.728. The molecule has 6 nitrogen and oxygen atoms in total. The lowest BCUT2D eigenvalue weighted by Crippen LogP contribution is -2.49. The molecule has 0 atom stereocenters. The van der Waals surface area contributed by atoms with Crippen molar-refractivity contribution in [1.82, 2.24) is 9.80 Å². The van der Waals surface area contributed by atoms with E-state index >= 15 is 0 Å². The fourth-order valence-corrected chi connectivity index (χ4v) is 3.98. The van der Waals surface area contributed by atoms with Crippen molar-refractivity contribution >= 4 is 17.2 Å². The number of hydrogen-bond acceptors (Lipinski definition) is 6. The lowest BCUT2D eigenvalue weighted by atomic mass is 10.1. The van der Waals surface area contributed by atoms with Gasteiger partial charge in [0.2, 0.25) is 5.75 Å². The van der Waals surface area contributed by atoms with Crippen LogP contribution in [0, 0.1) is 0 Å². The van der Waals surface area contributed by atoms with Gasteiger partial charge in [-0.05, 0) is 30.0 Å². The van der Waals surface area contributed by atoms with Crippen molar-refractivity contribution in [3.05, 3.63) is 40.1 Å². The number of benzene rings is 1. The predicted octanol–water partition coefficient (Wildman–Crippen LogP) is 2.77. The molecule has 2 aromatic rings. The maximum Gasteiger partial charge on any atom is 0.254 e. The number of rotatable bonds is 7. The van der Waals surface area contributed by atoms with Crippen molar-refractivity contribution in [3.8, 4) is 17.2 Å². The minimum absolute atomic E-state index is 0.00726. The molecular formula is C20H26N2O4S. The summed E-state index contributed by atoms with van der Waals surface area (Å²) in [6.45, 7) is 4.26. The molecule has 0 N–H and O–H groups in total. The molecule has 0 unspecified atom stereocenters.